The van der Waals surface area contributed by atoms with Crippen molar-refractivity contribution >= 4 is 5.91 Å². The van der Waals surface area contributed by atoms with Gasteiger partial charge in [0, 0.05) is 38.7 Å². The smallest absolute Gasteiger partial charge is 0.267 e. The Morgan fingerprint density at radius 2 is 1.77 bits per heavy atom. The second-order valence-electron chi connectivity index (χ2n) is 8.11. The van der Waals surface area contributed by atoms with Crippen LogP contribution in [0.2, 0.25) is 0 Å². The number of hydrogen-bond donors (Lipinski definition) is 0. The van der Waals surface area contributed by atoms with Gasteiger partial charge in [0.25, 0.3) is 5.56 Å². The molecule has 0 unspecified atom stereocenters. The van der Waals surface area contributed by atoms with Crippen LogP contribution in [0.1, 0.15) is 49.8 Å². The molecule has 0 saturated carbocycles. The lowest BCUT2D eigenvalue weighted by molar-refractivity contribution is -0.127. The first-order valence-electron chi connectivity index (χ1n) is 10.3. The number of amides is 1. The molecular formula is C20H30N4O2. The Labute approximate surface area is 155 Å². The third-order valence-corrected chi connectivity index (χ3v) is 6.27. The first-order valence-corrected chi connectivity index (χ1v) is 10.3. The lowest BCUT2D eigenvalue weighted by atomic mass is 9.96. The molecule has 6 heteroatoms. The van der Waals surface area contributed by atoms with Crippen molar-refractivity contribution in [3.63, 3.8) is 0 Å². The fraction of sp³-hybridized carbons (Fsp3) is 0.750. The Morgan fingerprint density at radius 1 is 0.962 bits per heavy atom. The average Bonchev–Trinajstić information content (AvgIpc) is 3.07. The van der Waals surface area contributed by atoms with Gasteiger partial charge < -0.3 is 9.80 Å². The molecule has 1 aromatic rings. The summed E-state index contributed by atoms with van der Waals surface area (Å²) in [4.78, 5) is 28.5. The number of carbonyl (C=O) groups is 1. The number of carbonyl (C=O) groups excluding carboxylic acids is 1. The van der Waals surface area contributed by atoms with Gasteiger partial charge in [0.15, 0.2) is 0 Å². The molecular weight excluding hydrogens is 328 g/mol. The zero-order valence-electron chi connectivity index (χ0n) is 15.7. The van der Waals surface area contributed by atoms with Gasteiger partial charge in [0.1, 0.15) is 0 Å². The molecule has 26 heavy (non-hydrogen) atoms. The first-order chi connectivity index (χ1) is 12.7. The molecule has 2 aliphatic heterocycles. The predicted octanol–water partition coefficient (Wildman–Crippen LogP) is 1.46. The molecule has 0 bridgehead atoms. The number of nitrogens with zero attached hydrogens (tertiary/aromatic N) is 4. The van der Waals surface area contributed by atoms with Gasteiger partial charge in [-0.3, -0.25) is 9.59 Å². The normalized spacial score (nSPS) is 22.0. The maximum Gasteiger partial charge on any atom is 0.267 e. The van der Waals surface area contributed by atoms with Crippen LogP contribution in [-0.4, -0.2) is 58.2 Å². The highest BCUT2D eigenvalue weighted by Gasteiger charge is 2.24. The summed E-state index contributed by atoms with van der Waals surface area (Å²) in [7, 11) is 0. The molecule has 1 amide bonds. The highest BCUT2D eigenvalue weighted by Crippen LogP contribution is 2.20. The van der Waals surface area contributed by atoms with Crippen molar-refractivity contribution in [3.8, 4) is 0 Å². The highest BCUT2D eigenvalue weighted by atomic mass is 16.2. The van der Waals surface area contributed by atoms with Gasteiger partial charge in [-0.05, 0) is 69.5 Å². The second-order valence-corrected chi connectivity index (χ2v) is 8.11. The van der Waals surface area contributed by atoms with Crippen molar-refractivity contribution in [3.05, 3.63) is 27.7 Å². The van der Waals surface area contributed by atoms with E-state index in [9.17, 15) is 9.59 Å². The lowest BCUT2D eigenvalue weighted by Gasteiger charge is -2.33. The van der Waals surface area contributed by atoms with Crippen LogP contribution in [0.15, 0.2) is 10.9 Å². The molecule has 0 aromatic carbocycles. The Hall–Kier alpha value is -1.69. The van der Waals surface area contributed by atoms with Gasteiger partial charge in [-0.2, -0.15) is 5.10 Å². The molecule has 142 valence electrons. The highest BCUT2D eigenvalue weighted by molar-refractivity contribution is 5.78. The summed E-state index contributed by atoms with van der Waals surface area (Å²) in [6, 6.07) is 1.82. The molecule has 1 aromatic heterocycles. The molecule has 1 aliphatic carbocycles. The van der Waals surface area contributed by atoms with Gasteiger partial charge in [-0.25, -0.2) is 4.68 Å². The fourth-order valence-corrected chi connectivity index (χ4v) is 4.57. The number of aryl methyl sites for hydroxylation is 2. The standard InChI is InChI=1S/C20H30N4O2/c25-19-6-3-9-23(19)13-12-22-10-7-16(8-11-22)15-24-20(26)14-17-4-1-2-5-18(17)21-24/h14,16H,1-13,15H2. The predicted molar refractivity (Wildman–Crippen MR) is 100 cm³/mol. The van der Waals surface area contributed by atoms with E-state index in [1.807, 2.05) is 11.0 Å². The number of aromatic nitrogens is 2. The first kappa shape index (κ1) is 17.7. The summed E-state index contributed by atoms with van der Waals surface area (Å²) in [6.45, 7) is 5.66. The van der Waals surface area contributed by atoms with Crippen molar-refractivity contribution < 1.29 is 4.79 Å². The van der Waals surface area contributed by atoms with E-state index in [0.29, 0.717) is 11.8 Å². The molecule has 2 fully saturated rings. The summed E-state index contributed by atoms with van der Waals surface area (Å²) in [5, 5.41) is 4.67. The summed E-state index contributed by atoms with van der Waals surface area (Å²) in [5.41, 5.74) is 2.38. The van der Waals surface area contributed by atoms with E-state index in [1.54, 1.807) is 4.68 Å². The van der Waals surface area contributed by atoms with Gasteiger partial charge in [0.05, 0.1) is 5.69 Å². The van der Waals surface area contributed by atoms with E-state index in [4.69, 9.17) is 0 Å². The van der Waals surface area contributed by atoms with Gasteiger partial charge >= 0.3 is 0 Å². The minimum atomic E-state index is 0.0700. The van der Waals surface area contributed by atoms with E-state index >= 15 is 0 Å². The Balaban J connectivity index is 1.27. The minimum Gasteiger partial charge on any atom is -0.341 e. The van der Waals surface area contributed by atoms with E-state index < -0.39 is 0 Å². The van der Waals surface area contributed by atoms with Crippen LogP contribution in [0.5, 0.6) is 0 Å². The van der Waals surface area contributed by atoms with E-state index in [0.717, 1.165) is 83.5 Å². The molecule has 0 atom stereocenters. The van der Waals surface area contributed by atoms with Gasteiger partial charge in [0.2, 0.25) is 5.91 Å². The summed E-state index contributed by atoms with van der Waals surface area (Å²) in [6.07, 6.45) is 8.36. The fourth-order valence-electron chi connectivity index (χ4n) is 4.57. The Morgan fingerprint density at radius 3 is 2.54 bits per heavy atom. The number of likely N-dealkylation sites (tertiary alicyclic amines) is 2. The van der Waals surface area contributed by atoms with Crippen LogP contribution < -0.4 is 5.56 Å². The van der Waals surface area contributed by atoms with Crippen molar-refractivity contribution in [2.75, 3.05) is 32.7 Å². The summed E-state index contributed by atoms with van der Waals surface area (Å²) in [5.74, 6) is 0.851. The third-order valence-electron chi connectivity index (χ3n) is 6.27. The van der Waals surface area contributed by atoms with Crippen molar-refractivity contribution in [1.29, 1.82) is 0 Å². The maximum absolute atomic E-state index is 12.4. The quantitative estimate of drug-likeness (QED) is 0.800. The van der Waals surface area contributed by atoms with Crippen molar-refractivity contribution in [2.24, 2.45) is 5.92 Å². The zero-order valence-corrected chi connectivity index (χ0v) is 15.7. The lowest BCUT2D eigenvalue weighted by Crippen LogP contribution is -2.41. The summed E-state index contributed by atoms with van der Waals surface area (Å²) >= 11 is 0. The second kappa shape index (κ2) is 7.91. The molecule has 0 spiro atoms. The largest absolute Gasteiger partial charge is 0.341 e. The topological polar surface area (TPSA) is 58.4 Å². The molecule has 0 N–H and O–H groups in total. The van der Waals surface area contributed by atoms with Crippen LogP contribution in [0.25, 0.3) is 0 Å². The van der Waals surface area contributed by atoms with Crippen LogP contribution >= 0.6 is 0 Å². The SMILES string of the molecule is O=C1CCCN1CCN1CCC(Cn2nc3c(cc2=O)CCCC3)CC1. The van der Waals surface area contributed by atoms with Crippen molar-refractivity contribution in [2.45, 2.75) is 57.9 Å². The maximum atomic E-state index is 12.4. The number of rotatable bonds is 5. The monoisotopic (exact) mass is 358 g/mol. The summed E-state index contributed by atoms with van der Waals surface area (Å²) < 4.78 is 1.72. The van der Waals surface area contributed by atoms with Gasteiger partial charge in [-0.15, -0.1) is 0 Å². The molecule has 3 heterocycles. The molecule has 2 saturated heterocycles. The minimum absolute atomic E-state index is 0.0700. The Kier molecular flexibility index (Phi) is 5.38. The number of piperidine rings is 1. The van der Waals surface area contributed by atoms with Crippen LogP contribution in [0.3, 0.4) is 0 Å². The van der Waals surface area contributed by atoms with E-state index in [-0.39, 0.29) is 5.56 Å². The molecule has 3 aliphatic rings. The molecule has 0 radical (unpaired) electrons. The third kappa shape index (κ3) is 4.00. The van der Waals surface area contributed by atoms with Gasteiger partial charge in [-0.1, -0.05) is 0 Å². The van der Waals surface area contributed by atoms with Crippen LogP contribution in [0.4, 0.5) is 0 Å². The van der Waals surface area contributed by atoms with Crippen LogP contribution in [0, 0.1) is 5.92 Å². The van der Waals surface area contributed by atoms with E-state index in [1.165, 1.54) is 18.4 Å². The van der Waals surface area contributed by atoms with Crippen LogP contribution in [-0.2, 0) is 24.2 Å². The number of fused-ring (bicyclic) bond motifs is 1. The molecule has 4 rings (SSSR count). The number of hydrogen-bond acceptors (Lipinski definition) is 4. The Bertz CT molecular complexity index is 706. The van der Waals surface area contributed by atoms with E-state index in [2.05, 4.69) is 10.00 Å². The average molecular weight is 358 g/mol. The molecule has 6 nitrogen and oxygen atoms in total. The zero-order chi connectivity index (χ0) is 17.9. The van der Waals surface area contributed by atoms with Crippen molar-refractivity contribution in [1.82, 2.24) is 19.6 Å².